The van der Waals surface area contributed by atoms with Crippen molar-refractivity contribution in [3.63, 3.8) is 0 Å². The Morgan fingerprint density at radius 3 is 2.49 bits per heavy atom. The Bertz CT molecular complexity index is 1350. The van der Waals surface area contributed by atoms with Gasteiger partial charge in [-0.15, -0.1) is 0 Å². The van der Waals surface area contributed by atoms with Crippen LogP contribution in [0.2, 0.25) is 0 Å². The van der Waals surface area contributed by atoms with Crippen LogP contribution in [0, 0.1) is 11.6 Å². The maximum Gasteiger partial charge on any atom is 0.162 e. The van der Waals surface area contributed by atoms with Crippen molar-refractivity contribution in [1.29, 1.82) is 0 Å². The average Bonchev–Trinajstić information content (AvgIpc) is 3.69. The molecule has 0 saturated heterocycles. The summed E-state index contributed by atoms with van der Waals surface area (Å²) in [7, 11) is 6.12. The van der Waals surface area contributed by atoms with Crippen LogP contribution >= 0.6 is 0 Å². The van der Waals surface area contributed by atoms with E-state index in [2.05, 4.69) is 25.1 Å². The molecule has 1 aromatic carbocycles. The van der Waals surface area contributed by atoms with Crippen LogP contribution in [0.5, 0.6) is 0 Å². The Kier molecular flexibility index (Phi) is 6.25. The minimum Gasteiger partial charge on any atom is -0.358 e. The predicted molar refractivity (Wildman–Crippen MR) is 134 cm³/mol. The Balaban J connectivity index is 1.57. The molecule has 1 aliphatic rings. The van der Waals surface area contributed by atoms with Gasteiger partial charge in [-0.1, -0.05) is 6.07 Å². The lowest BCUT2D eigenvalue weighted by atomic mass is 10.1. The summed E-state index contributed by atoms with van der Waals surface area (Å²) >= 11 is 0. The van der Waals surface area contributed by atoms with E-state index in [9.17, 15) is 8.78 Å². The molecule has 1 N–H and O–H groups in total. The first-order chi connectivity index (χ1) is 16.9. The zero-order chi connectivity index (χ0) is 24.5. The van der Waals surface area contributed by atoms with Crippen LogP contribution in [-0.4, -0.2) is 59.1 Å². The SMILES string of the molecule is CN(C)CCN(C)c1nc(-c2ccnc(Nc3c(F)cccc3F)c2)nc2cncc(C3CC3)c12. The average molecular weight is 476 g/mol. The molecule has 3 aromatic heterocycles. The third-order valence-corrected chi connectivity index (χ3v) is 6.11. The van der Waals surface area contributed by atoms with Gasteiger partial charge in [0.1, 0.15) is 29.0 Å². The third kappa shape index (κ3) is 4.90. The molecular formula is C26H27F2N7. The second kappa shape index (κ2) is 9.50. The van der Waals surface area contributed by atoms with E-state index in [1.165, 1.54) is 23.8 Å². The quantitative estimate of drug-likeness (QED) is 0.385. The summed E-state index contributed by atoms with van der Waals surface area (Å²) < 4.78 is 28.3. The standard InChI is InChI=1S/C26H27F2N7/c1-34(2)11-12-35(3)26-23-18(16-7-8-16)14-29-15-21(23)31-25(33-26)17-9-10-30-22(13-17)32-24-19(27)5-4-6-20(24)28/h4-6,9-10,13-16H,7-8,11-12H2,1-3H3,(H,30,32). The lowest BCUT2D eigenvalue weighted by Crippen LogP contribution is -2.29. The fourth-order valence-electron chi connectivity index (χ4n) is 4.04. The molecule has 180 valence electrons. The van der Waals surface area contributed by atoms with Crippen LogP contribution in [-0.2, 0) is 0 Å². The van der Waals surface area contributed by atoms with Crippen molar-refractivity contribution in [3.05, 3.63) is 66.1 Å². The van der Waals surface area contributed by atoms with Crippen LogP contribution < -0.4 is 10.2 Å². The number of aromatic nitrogens is 4. The topological polar surface area (TPSA) is 70.1 Å². The summed E-state index contributed by atoms with van der Waals surface area (Å²) in [6.45, 7) is 1.67. The van der Waals surface area contributed by atoms with Crippen molar-refractivity contribution in [2.75, 3.05) is 44.4 Å². The number of anilines is 3. The van der Waals surface area contributed by atoms with Gasteiger partial charge in [0, 0.05) is 43.5 Å². The van der Waals surface area contributed by atoms with E-state index in [1.54, 1.807) is 24.5 Å². The van der Waals surface area contributed by atoms with Crippen LogP contribution in [0.4, 0.5) is 26.1 Å². The maximum absolute atomic E-state index is 14.1. The van der Waals surface area contributed by atoms with Crippen molar-refractivity contribution in [2.24, 2.45) is 0 Å². The van der Waals surface area contributed by atoms with Gasteiger partial charge in [0.15, 0.2) is 5.82 Å². The Labute approximate surface area is 202 Å². The maximum atomic E-state index is 14.1. The highest BCUT2D eigenvalue weighted by Crippen LogP contribution is 2.44. The third-order valence-electron chi connectivity index (χ3n) is 6.11. The molecule has 1 saturated carbocycles. The Morgan fingerprint density at radius 1 is 1.00 bits per heavy atom. The zero-order valence-electron chi connectivity index (χ0n) is 20.0. The van der Waals surface area contributed by atoms with Gasteiger partial charge in [0.2, 0.25) is 0 Å². The molecule has 35 heavy (non-hydrogen) atoms. The van der Waals surface area contributed by atoms with Gasteiger partial charge in [-0.3, -0.25) is 4.98 Å². The number of fused-ring (bicyclic) bond motifs is 1. The number of para-hydroxylation sites is 1. The minimum absolute atomic E-state index is 0.251. The number of rotatable bonds is 8. The molecule has 3 heterocycles. The Hall–Kier alpha value is -3.72. The highest BCUT2D eigenvalue weighted by molar-refractivity contribution is 5.94. The summed E-state index contributed by atoms with van der Waals surface area (Å²) in [5.74, 6) is 0.753. The number of nitrogens with one attached hydrogen (secondary N) is 1. The lowest BCUT2D eigenvalue weighted by molar-refractivity contribution is 0.416. The number of hydrogen-bond acceptors (Lipinski definition) is 7. The van der Waals surface area contributed by atoms with Crippen LogP contribution in [0.25, 0.3) is 22.3 Å². The van der Waals surface area contributed by atoms with E-state index in [-0.39, 0.29) is 5.69 Å². The van der Waals surface area contributed by atoms with Gasteiger partial charge < -0.3 is 15.1 Å². The van der Waals surface area contributed by atoms with E-state index < -0.39 is 11.6 Å². The highest BCUT2D eigenvalue weighted by atomic mass is 19.1. The van der Waals surface area contributed by atoms with Gasteiger partial charge >= 0.3 is 0 Å². The summed E-state index contributed by atoms with van der Waals surface area (Å²) in [6.07, 6.45) is 7.57. The molecule has 0 bridgehead atoms. The zero-order valence-corrected chi connectivity index (χ0v) is 20.0. The summed E-state index contributed by atoms with van der Waals surface area (Å²) in [6, 6.07) is 7.19. The van der Waals surface area contributed by atoms with Crippen molar-refractivity contribution < 1.29 is 8.78 Å². The molecule has 0 spiro atoms. The number of pyridine rings is 2. The van der Waals surface area contributed by atoms with Gasteiger partial charge in [-0.05, 0) is 62.7 Å². The normalized spacial score (nSPS) is 13.4. The molecule has 9 heteroatoms. The summed E-state index contributed by atoms with van der Waals surface area (Å²) in [5.41, 5.74) is 2.39. The van der Waals surface area contributed by atoms with E-state index in [4.69, 9.17) is 9.97 Å². The smallest absolute Gasteiger partial charge is 0.162 e. The van der Waals surface area contributed by atoms with Crippen LogP contribution in [0.15, 0.2) is 48.9 Å². The van der Waals surface area contributed by atoms with E-state index >= 15 is 0 Å². The molecule has 1 aliphatic carbocycles. The molecule has 0 unspecified atom stereocenters. The van der Waals surface area contributed by atoms with E-state index in [1.807, 2.05) is 27.3 Å². The van der Waals surface area contributed by atoms with Crippen molar-refractivity contribution in [3.8, 4) is 11.4 Å². The highest BCUT2D eigenvalue weighted by Gasteiger charge is 2.28. The molecule has 4 aromatic rings. The van der Waals surface area contributed by atoms with Crippen molar-refractivity contribution in [2.45, 2.75) is 18.8 Å². The first kappa shape index (κ1) is 23.0. The van der Waals surface area contributed by atoms with Gasteiger partial charge in [0.05, 0.1) is 11.7 Å². The first-order valence-corrected chi connectivity index (χ1v) is 11.6. The number of likely N-dealkylation sites (N-methyl/N-ethyl adjacent to an activating group) is 2. The van der Waals surface area contributed by atoms with E-state index in [0.29, 0.717) is 23.1 Å². The van der Waals surface area contributed by atoms with Crippen LogP contribution in [0.3, 0.4) is 0 Å². The second-order valence-corrected chi connectivity index (χ2v) is 9.14. The predicted octanol–water partition coefficient (Wildman–Crippen LogP) is 4.98. The number of hydrogen-bond donors (Lipinski definition) is 1. The molecular weight excluding hydrogens is 448 g/mol. The minimum atomic E-state index is -0.692. The molecule has 0 radical (unpaired) electrons. The number of halogens is 2. The fourth-order valence-corrected chi connectivity index (χ4v) is 4.04. The van der Waals surface area contributed by atoms with Crippen molar-refractivity contribution >= 4 is 28.2 Å². The number of benzene rings is 1. The molecule has 0 aliphatic heterocycles. The van der Waals surface area contributed by atoms with Gasteiger partial charge in [0.25, 0.3) is 0 Å². The van der Waals surface area contributed by atoms with Crippen molar-refractivity contribution in [1.82, 2.24) is 24.8 Å². The van der Waals surface area contributed by atoms with Gasteiger partial charge in [-0.2, -0.15) is 0 Å². The molecule has 5 rings (SSSR count). The molecule has 7 nitrogen and oxygen atoms in total. The van der Waals surface area contributed by atoms with Gasteiger partial charge in [-0.25, -0.2) is 23.7 Å². The largest absolute Gasteiger partial charge is 0.358 e. The fraction of sp³-hybridized carbons (Fsp3) is 0.308. The second-order valence-electron chi connectivity index (χ2n) is 9.14. The molecule has 0 amide bonds. The molecule has 0 atom stereocenters. The number of nitrogens with zero attached hydrogens (tertiary/aromatic N) is 6. The summed E-state index contributed by atoms with van der Waals surface area (Å²) in [5, 5.41) is 3.78. The lowest BCUT2D eigenvalue weighted by Gasteiger charge is -2.23. The molecule has 1 fully saturated rings. The van der Waals surface area contributed by atoms with Crippen LogP contribution in [0.1, 0.15) is 24.3 Å². The summed E-state index contributed by atoms with van der Waals surface area (Å²) in [4.78, 5) is 22.8. The first-order valence-electron chi connectivity index (χ1n) is 11.6. The monoisotopic (exact) mass is 475 g/mol. The Morgan fingerprint density at radius 2 is 1.77 bits per heavy atom. The van der Waals surface area contributed by atoms with E-state index in [0.717, 1.165) is 42.7 Å².